The zero-order chi connectivity index (χ0) is 17.2. The van der Waals surface area contributed by atoms with Crippen molar-refractivity contribution in [1.82, 2.24) is 9.78 Å². The van der Waals surface area contributed by atoms with Crippen LogP contribution in [0.3, 0.4) is 0 Å². The smallest absolute Gasteiger partial charge is 0.140 e. The summed E-state index contributed by atoms with van der Waals surface area (Å²) in [6, 6.07) is 17.3. The van der Waals surface area contributed by atoms with Crippen LogP contribution < -0.4 is 5.73 Å². The fourth-order valence-corrected chi connectivity index (χ4v) is 3.39. The van der Waals surface area contributed by atoms with Crippen molar-refractivity contribution < 1.29 is 4.74 Å². The van der Waals surface area contributed by atoms with Gasteiger partial charge in [0.05, 0.1) is 5.52 Å². The maximum absolute atomic E-state index is 5.99. The van der Waals surface area contributed by atoms with Crippen LogP contribution in [0.4, 0.5) is 5.69 Å². The monoisotopic (exact) mass is 339 g/mol. The van der Waals surface area contributed by atoms with E-state index in [1.54, 1.807) is 0 Å². The van der Waals surface area contributed by atoms with Gasteiger partial charge in [0.15, 0.2) is 0 Å². The molecule has 0 unspecified atom stereocenters. The Morgan fingerprint density at radius 3 is 2.54 bits per heavy atom. The molecule has 5 heteroatoms. The van der Waals surface area contributed by atoms with E-state index in [1.807, 2.05) is 41.1 Å². The van der Waals surface area contributed by atoms with E-state index in [-0.39, 0.29) is 0 Å². The second kappa shape index (κ2) is 6.79. The Labute approximate surface area is 144 Å². The molecule has 0 spiro atoms. The Bertz CT molecular complexity index is 822. The van der Waals surface area contributed by atoms with Crippen molar-refractivity contribution in [3.8, 4) is 11.3 Å². The fraction of sp³-hybridized carbons (Fsp3) is 0.316. The Hall–Kier alpha value is -2.11. The highest BCUT2D eigenvalue weighted by atomic mass is 28.3. The van der Waals surface area contributed by atoms with Gasteiger partial charge in [-0.3, -0.25) is 0 Å². The minimum Gasteiger partial charge on any atom is -0.399 e. The molecule has 0 amide bonds. The van der Waals surface area contributed by atoms with E-state index in [4.69, 9.17) is 15.6 Å². The molecule has 126 valence electrons. The first-order valence-electron chi connectivity index (χ1n) is 8.33. The third-order valence-corrected chi connectivity index (χ3v) is 5.74. The molecule has 2 N–H and O–H groups in total. The van der Waals surface area contributed by atoms with Crippen molar-refractivity contribution in [2.45, 2.75) is 32.4 Å². The molecule has 0 radical (unpaired) electrons. The number of aromatic nitrogens is 2. The van der Waals surface area contributed by atoms with E-state index in [9.17, 15) is 0 Å². The number of nitrogens with zero attached hydrogens (tertiary/aromatic N) is 2. The Kier molecular flexibility index (Phi) is 4.73. The molecule has 24 heavy (non-hydrogen) atoms. The van der Waals surface area contributed by atoms with Crippen molar-refractivity contribution in [3.63, 3.8) is 0 Å². The second-order valence-corrected chi connectivity index (χ2v) is 13.0. The zero-order valence-corrected chi connectivity index (χ0v) is 15.6. The van der Waals surface area contributed by atoms with E-state index in [1.165, 1.54) is 0 Å². The maximum atomic E-state index is 5.99. The lowest BCUT2D eigenvalue weighted by molar-refractivity contribution is 0.0818. The van der Waals surface area contributed by atoms with Crippen LogP contribution >= 0.6 is 0 Å². The van der Waals surface area contributed by atoms with Gasteiger partial charge in [-0.05, 0) is 24.2 Å². The van der Waals surface area contributed by atoms with E-state index in [0.29, 0.717) is 6.73 Å². The molecule has 0 aliphatic carbocycles. The van der Waals surface area contributed by atoms with Gasteiger partial charge in [0.1, 0.15) is 12.4 Å². The van der Waals surface area contributed by atoms with Gasteiger partial charge in [-0.25, -0.2) is 4.68 Å². The number of rotatable bonds is 6. The summed E-state index contributed by atoms with van der Waals surface area (Å²) in [5.41, 5.74) is 9.83. The van der Waals surface area contributed by atoms with Crippen molar-refractivity contribution in [3.05, 3.63) is 48.5 Å². The van der Waals surface area contributed by atoms with Crippen LogP contribution in [-0.2, 0) is 11.5 Å². The topological polar surface area (TPSA) is 53.1 Å². The molecule has 0 aliphatic heterocycles. The first-order chi connectivity index (χ1) is 11.4. The number of hydrogen-bond acceptors (Lipinski definition) is 3. The van der Waals surface area contributed by atoms with Gasteiger partial charge in [-0.1, -0.05) is 50.0 Å². The van der Waals surface area contributed by atoms with Crippen molar-refractivity contribution in [1.29, 1.82) is 0 Å². The van der Waals surface area contributed by atoms with E-state index in [0.717, 1.165) is 40.5 Å². The molecular formula is C19H25N3OSi. The number of ether oxygens (including phenoxy) is 1. The van der Waals surface area contributed by atoms with Gasteiger partial charge in [0.2, 0.25) is 0 Å². The zero-order valence-electron chi connectivity index (χ0n) is 14.6. The number of nitrogens with two attached hydrogens (primary N) is 1. The Morgan fingerprint density at radius 2 is 1.83 bits per heavy atom. The Morgan fingerprint density at radius 1 is 1.08 bits per heavy atom. The van der Waals surface area contributed by atoms with Gasteiger partial charge < -0.3 is 10.5 Å². The summed E-state index contributed by atoms with van der Waals surface area (Å²) < 4.78 is 7.82. The highest BCUT2D eigenvalue weighted by Gasteiger charge is 2.14. The van der Waals surface area contributed by atoms with E-state index < -0.39 is 8.07 Å². The quantitative estimate of drug-likeness (QED) is 0.406. The highest BCUT2D eigenvalue weighted by Crippen LogP contribution is 2.29. The average molecular weight is 340 g/mol. The first kappa shape index (κ1) is 16.7. The molecule has 4 nitrogen and oxygen atoms in total. The van der Waals surface area contributed by atoms with E-state index in [2.05, 4.69) is 31.8 Å². The minimum atomic E-state index is -1.08. The SMILES string of the molecule is C[Si](C)(C)CCOCn1nc(-c2ccccc2)c2cc(N)ccc21. The maximum Gasteiger partial charge on any atom is 0.140 e. The van der Waals surface area contributed by atoms with Crippen LogP contribution in [0.15, 0.2) is 48.5 Å². The number of benzene rings is 2. The summed E-state index contributed by atoms with van der Waals surface area (Å²) in [5.74, 6) is 0. The van der Waals surface area contributed by atoms with Crippen LogP contribution in [0.5, 0.6) is 0 Å². The van der Waals surface area contributed by atoms with Gasteiger partial charge in [0, 0.05) is 31.3 Å². The summed E-state index contributed by atoms with van der Waals surface area (Å²) >= 11 is 0. The molecule has 0 fully saturated rings. The lowest BCUT2D eigenvalue weighted by Crippen LogP contribution is -2.22. The van der Waals surface area contributed by atoms with Crippen molar-refractivity contribution in [2.75, 3.05) is 12.3 Å². The number of hydrogen-bond donors (Lipinski definition) is 1. The van der Waals surface area contributed by atoms with Crippen LogP contribution in [0.25, 0.3) is 22.2 Å². The molecule has 1 heterocycles. The summed E-state index contributed by atoms with van der Waals surface area (Å²) in [6.45, 7) is 8.33. The lowest BCUT2D eigenvalue weighted by Gasteiger charge is -2.15. The fourth-order valence-electron chi connectivity index (χ4n) is 2.63. The molecule has 0 saturated heterocycles. The molecule has 0 atom stereocenters. The van der Waals surface area contributed by atoms with Gasteiger partial charge in [-0.2, -0.15) is 5.10 Å². The number of anilines is 1. The van der Waals surface area contributed by atoms with Crippen LogP contribution in [0.2, 0.25) is 25.7 Å². The number of fused-ring (bicyclic) bond motifs is 1. The molecular weight excluding hydrogens is 314 g/mol. The molecule has 3 aromatic rings. The number of nitrogen functional groups attached to an aromatic ring is 1. The van der Waals surface area contributed by atoms with Crippen molar-refractivity contribution in [2.24, 2.45) is 0 Å². The summed E-state index contributed by atoms with van der Waals surface area (Å²) in [6.07, 6.45) is 0. The molecule has 0 saturated carbocycles. The van der Waals surface area contributed by atoms with Gasteiger partial charge in [-0.15, -0.1) is 0 Å². The highest BCUT2D eigenvalue weighted by molar-refractivity contribution is 6.76. The normalized spacial score (nSPS) is 12.0. The lowest BCUT2D eigenvalue weighted by atomic mass is 10.1. The largest absolute Gasteiger partial charge is 0.399 e. The van der Waals surface area contributed by atoms with Crippen LogP contribution in [0, 0.1) is 0 Å². The third-order valence-electron chi connectivity index (χ3n) is 4.03. The summed E-state index contributed by atoms with van der Waals surface area (Å²) in [7, 11) is -1.08. The molecule has 0 aliphatic rings. The molecule has 3 rings (SSSR count). The van der Waals surface area contributed by atoms with E-state index >= 15 is 0 Å². The van der Waals surface area contributed by atoms with Gasteiger partial charge in [0.25, 0.3) is 0 Å². The predicted octanol–water partition coefficient (Wildman–Crippen LogP) is 4.60. The van der Waals surface area contributed by atoms with Gasteiger partial charge >= 0.3 is 0 Å². The predicted molar refractivity (Wildman–Crippen MR) is 104 cm³/mol. The molecule has 0 bridgehead atoms. The first-order valence-corrected chi connectivity index (χ1v) is 12.0. The summed E-state index contributed by atoms with van der Waals surface area (Å²) in [5, 5.41) is 5.85. The third kappa shape index (κ3) is 3.86. The van der Waals surface area contributed by atoms with Crippen LogP contribution in [0.1, 0.15) is 0 Å². The molecule has 1 aromatic heterocycles. The Balaban J connectivity index is 1.89. The van der Waals surface area contributed by atoms with Crippen molar-refractivity contribution >= 4 is 24.7 Å². The molecule has 2 aromatic carbocycles. The second-order valence-electron chi connectivity index (χ2n) is 7.34. The standard InChI is InChI=1S/C19H25N3OSi/c1-24(2,3)12-11-23-14-22-18-10-9-16(20)13-17(18)19(21-22)15-7-5-4-6-8-15/h4-10,13H,11-12,14,20H2,1-3H3. The van der Waals surface area contributed by atoms with Crippen LogP contribution in [-0.4, -0.2) is 24.5 Å². The summed E-state index contributed by atoms with van der Waals surface area (Å²) in [4.78, 5) is 0. The minimum absolute atomic E-state index is 0.470. The average Bonchev–Trinajstić information content (AvgIpc) is 2.89.